The zero-order valence-corrected chi connectivity index (χ0v) is 6.44. The van der Waals surface area contributed by atoms with Crippen molar-refractivity contribution in [1.82, 2.24) is 10.2 Å². The fourth-order valence-corrected chi connectivity index (χ4v) is 1.02. The minimum atomic E-state index is 0.911. The van der Waals surface area contributed by atoms with Gasteiger partial charge in [-0.1, -0.05) is 6.08 Å². The molecule has 10 heavy (non-hydrogen) atoms. The van der Waals surface area contributed by atoms with E-state index in [1.54, 1.807) is 0 Å². The second kappa shape index (κ2) is 2.69. The number of hydrogen-bond acceptors (Lipinski definition) is 1. The maximum Gasteiger partial charge on any atom is 0.0629 e. The lowest BCUT2D eigenvalue weighted by Gasteiger charge is -1.92. The van der Waals surface area contributed by atoms with Crippen molar-refractivity contribution >= 4 is 0 Å². The number of allylic oxidation sites excluding steroid dienone is 1. The van der Waals surface area contributed by atoms with Crippen molar-refractivity contribution in [1.29, 1.82) is 0 Å². The van der Waals surface area contributed by atoms with Gasteiger partial charge in [0.05, 0.1) is 5.69 Å². The first kappa shape index (κ1) is 7.06. The van der Waals surface area contributed by atoms with Crippen LogP contribution >= 0.6 is 0 Å². The Bertz CT molecular complexity index is 216. The predicted molar refractivity (Wildman–Crippen MR) is 42.0 cm³/mol. The quantitative estimate of drug-likeness (QED) is 0.616. The van der Waals surface area contributed by atoms with Crippen LogP contribution in [0.25, 0.3) is 0 Å². The van der Waals surface area contributed by atoms with Gasteiger partial charge in [-0.2, -0.15) is 5.10 Å². The molecule has 0 radical (unpaired) electrons. The molecule has 2 heteroatoms. The molecule has 1 aromatic rings. The molecule has 0 aliphatic heterocycles. The number of nitrogens with one attached hydrogen (secondary N) is 1. The van der Waals surface area contributed by atoms with Crippen molar-refractivity contribution in [2.24, 2.45) is 0 Å². The maximum absolute atomic E-state index is 4.06. The normalized spacial score (nSPS) is 9.80. The van der Waals surface area contributed by atoms with Crippen LogP contribution in [0.5, 0.6) is 0 Å². The highest BCUT2D eigenvalue weighted by Gasteiger charge is 2.01. The Morgan fingerprint density at radius 1 is 1.60 bits per heavy atom. The molecule has 0 aliphatic carbocycles. The molecule has 1 heterocycles. The van der Waals surface area contributed by atoms with Crippen molar-refractivity contribution in [3.05, 3.63) is 29.6 Å². The highest BCUT2D eigenvalue weighted by Crippen LogP contribution is 2.09. The molecule has 2 nitrogen and oxygen atoms in total. The van der Waals surface area contributed by atoms with E-state index in [9.17, 15) is 0 Å². The fourth-order valence-electron chi connectivity index (χ4n) is 1.02. The van der Waals surface area contributed by atoms with Crippen LogP contribution in [0, 0.1) is 13.8 Å². The third-order valence-corrected chi connectivity index (χ3v) is 1.63. The van der Waals surface area contributed by atoms with Gasteiger partial charge >= 0.3 is 0 Å². The van der Waals surface area contributed by atoms with Crippen molar-refractivity contribution < 1.29 is 0 Å². The van der Waals surface area contributed by atoms with Gasteiger partial charge in [0, 0.05) is 5.69 Å². The molecule has 1 aromatic heterocycles. The van der Waals surface area contributed by atoms with Crippen LogP contribution in [0.4, 0.5) is 0 Å². The Morgan fingerprint density at radius 3 is 2.70 bits per heavy atom. The summed E-state index contributed by atoms with van der Waals surface area (Å²) in [6.45, 7) is 7.71. The third-order valence-electron chi connectivity index (χ3n) is 1.63. The molecule has 0 bridgehead atoms. The Kier molecular flexibility index (Phi) is 1.90. The van der Waals surface area contributed by atoms with Crippen molar-refractivity contribution in [3.8, 4) is 0 Å². The fraction of sp³-hybridized carbons (Fsp3) is 0.375. The van der Waals surface area contributed by atoms with E-state index < -0.39 is 0 Å². The van der Waals surface area contributed by atoms with E-state index in [4.69, 9.17) is 0 Å². The predicted octanol–water partition coefficient (Wildman–Crippen LogP) is 1.76. The van der Waals surface area contributed by atoms with Gasteiger partial charge in [0.15, 0.2) is 0 Å². The van der Waals surface area contributed by atoms with E-state index in [-0.39, 0.29) is 0 Å². The minimum Gasteiger partial charge on any atom is -0.282 e. The minimum absolute atomic E-state index is 0.911. The summed E-state index contributed by atoms with van der Waals surface area (Å²) in [4.78, 5) is 0. The van der Waals surface area contributed by atoms with E-state index in [0.29, 0.717) is 0 Å². The lowest BCUT2D eigenvalue weighted by atomic mass is 10.1. The SMILES string of the molecule is C=CCc1c(C)n[nH]c1C. The van der Waals surface area contributed by atoms with Gasteiger partial charge in [0.2, 0.25) is 0 Å². The Hall–Kier alpha value is -1.05. The largest absolute Gasteiger partial charge is 0.282 e. The topological polar surface area (TPSA) is 28.7 Å². The zero-order valence-electron chi connectivity index (χ0n) is 6.44. The summed E-state index contributed by atoms with van der Waals surface area (Å²) < 4.78 is 0. The van der Waals surface area contributed by atoms with E-state index in [0.717, 1.165) is 17.8 Å². The van der Waals surface area contributed by atoms with Crippen molar-refractivity contribution in [3.63, 3.8) is 0 Å². The molecule has 0 unspecified atom stereocenters. The van der Waals surface area contributed by atoms with Crippen LogP contribution in [0.2, 0.25) is 0 Å². The first-order valence-electron chi connectivity index (χ1n) is 3.37. The molecular formula is C8H12N2. The number of rotatable bonds is 2. The molecule has 1 rings (SSSR count). The van der Waals surface area contributed by atoms with Gasteiger partial charge in [-0.3, -0.25) is 5.10 Å². The summed E-state index contributed by atoms with van der Waals surface area (Å²) in [6, 6.07) is 0. The smallest absolute Gasteiger partial charge is 0.0629 e. The molecule has 1 N–H and O–H groups in total. The summed E-state index contributed by atoms with van der Waals surface area (Å²) in [7, 11) is 0. The molecule has 54 valence electrons. The maximum atomic E-state index is 4.06. The molecule has 0 saturated carbocycles. The van der Waals surface area contributed by atoms with Gasteiger partial charge in [0.25, 0.3) is 0 Å². The Labute approximate surface area is 61.0 Å². The standard InChI is InChI=1S/C8H12N2/c1-4-5-8-6(2)9-10-7(8)3/h4H,1,5H2,2-3H3,(H,9,10). The summed E-state index contributed by atoms with van der Waals surface area (Å²) >= 11 is 0. The van der Waals surface area contributed by atoms with Crippen LogP contribution in [-0.2, 0) is 6.42 Å². The van der Waals surface area contributed by atoms with E-state index >= 15 is 0 Å². The Morgan fingerprint density at radius 2 is 2.30 bits per heavy atom. The summed E-state index contributed by atoms with van der Waals surface area (Å²) in [6.07, 6.45) is 2.80. The molecule has 0 atom stereocenters. The number of aryl methyl sites for hydroxylation is 2. The first-order chi connectivity index (χ1) is 4.75. The van der Waals surface area contributed by atoms with E-state index in [2.05, 4.69) is 16.8 Å². The van der Waals surface area contributed by atoms with Gasteiger partial charge in [-0.25, -0.2) is 0 Å². The van der Waals surface area contributed by atoms with Gasteiger partial charge in [-0.05, 0) is 25.8 Å². The third kappa shape index (κ3) is 1.10. The lowest BCUT2D eigenvalue weighted by Crippen LogP contribution is -1.83. The number of aromatic amines is 1. The summed E-state index contributed by atoms with van der Waals surface area (Å²) in [5, 5.41) is 6.99. The number of aromatic nitrogens is 2. The molecule has 0 aromatic carbocycles. The lowest BCUT2D eigenvalue weighted by molar-refractivity contribution is 1.02. The highest BCUT2D eigenvalue weighted by molar-refractivity contribution is 5.24. The molecule has 0 saturated heterocycles. The monoisotopic (exact) mass is 136 g/mol. The van der Waals surface area contributed by atoms with Crippen LogP contribution in [0.15, 0.2) is 12.7 Å². The van der Waals surface area contributed by atoms with Crippen molar-refractivity contribution in [2.45, 2.75) is 20.3 Å². The van der Waals surface area contributed by atoms with Crippen LogP contribution in [-0.4, -0.2) is 10.2 Å². The second-order valence-corrected chi connectivity index (χ2v) is 2.41. The second-order valence-electron chi connectivity index (χ2n) is 2.41. The summed E-state index contributed by atoms with van der Waals surface area (Å²) in [5.74, 6) is 0. The van der Waals surface area contributed by atoms with Crippen LogP contribution < -0.4 is 0 Å². The number of hydrogen-bond donors (Lipinski definition) is 1. The molecule has 0 spiro atoms. The van der Waals surface area contributed by atoms with Gasteiger partial charge < -0.3 is 0 Å². The zero-order chi connectivity index (χ0) is 7.56. The molecule has 0 aliphatic rings. The highest BCUT2D eigenvalue weighted by atomic mass is 15.1. The van der Waals surface area contributed by atoms with Gasteiger partial charge in [0.1, 0.15) is 0 Å². The number of nitrogens with zero attached hydrogens (tertiary/aromatic N) is 1. The first-order valence-corrected chi connectivity index (χ1v) is 3.37. The summed E-state index contributed by atoms with van der Waals surface area (Å²) in [5.41, 5.74) is 3.50. The van der Waals surface area contributed by atoms with E-state index in [1.165, 1.54) is 5.56 Å². The Balaban J connectivity index is 2.97. The number of H-pyrrole nitrogens is 1. The average molecular weight is 136 g/mol. The molecular weight excluding hydrogens is 124 g/mol. The molecule has 0 fully saturated rings. The van der Waals surface area contributed by atoms with Crippen molar-refractivity contribution in [2.75, 3.05) is 0 Å². The average Bonchev–Trinajstić information content (AvgIpc) is 2.20. The van der Waals surface area contributed by atoms with Gasteiger partial charge in [-0.15, -0.1) is 6.58 Å². The molecule has 0 amide bonds. The van der Waals surface area contributed by atoms with Crippen LogP contribution in [0.3, 0.4) is 0 Å². The van der Waals surface area contributed by atoms with Crippen LogP contribution in [0.1, 0.15) is 17.0 Å². The van der Waals surface area contributed by atoms with E-state index in [1.807, 2.05) is 19.9 Å².